The van der Waals surface area contributed by atoms with Crippen LogP contribution in [0, 0.1) is 0 Å². The second kappa shape index (κ2) is 5.81. The molecule has 9 heteroatoms. The van der Waals surface area contributed by atoms with Crippen molar-refractivity contribution in [2.75, 3.05) is 7.11 Å². The number of aromatic nitrogens is 4. The Labute approximate surface area is 117 Å². The third kappa shape index (κ3) is 3.30. The van der Waals surface area contributed by atoms with E-state index in [2.05, 4.69) is 19.9 Å². The Kier molecular flexibility index (Phi) is 4.13. The van der Waals surface area contributed by atoms with Gasteiger partial charge in [0.25, 0.3) is 0 Å². The second-order valence-electron chi connectivity index (χ2n) is 3.14. The van der Waals surface area contributed by atoms with Gasteiger partial charge in [-0.1, -0.05) is 0 Å². The number of carbonyl (C=O) groups is 1. The predicted molar refractivity (Wildman–Crippen MR) is 66.7 cm³/mol. The molecule has 0 radical (unpaired) electrons. The van der Waals surface area contributed by atoms with Crippen LogP contribution in [0.4, 0.5) is 0 Å². The van der Waals surface area contributed by atoms with Gasteiger partial charge in [-0.15, -0.1) is 0 Å². The van der Waals surface area contributed by atoms with E-state index in [9.17, 15) is 4.79 Å². The maximum absolute atomic E-state index is 11.0. The summed E-state index contributed by atoms with van der Waals surface area (Å²) in [6, 6.07) is 3.03. The highest BCUT2D eigenvalue weighted by atomic mass is 35.5. The largest absolute Gasteiger partial charge is 0.478 e. The van der Waals surface area contributed by atoms with Crippen LogP contribution in [-0.4, -0.2) is 38.1 Å². The molecule has 0 aliphatic heterocycles. The summed E-state index contributed by atoms with van der Waals surface area (Å²) >= 11 is 6.67. The standard InChI is InChI=1S/C10H7ClN4O3S/c1-18-9-13-8(11)14-10(15-9)19-6-5(7(16)17)3-2-4-12-6/h2-4H,1H3,(H,16,17). The third-order valence-electron chi connectivity index (χ3n) is 1.94. The van der Waals surface area contributed by atoms with E-state index in [0.717, 1.165) is 11.8 Å². The Hall–Kier alpha value is -1.93. The van der Waals surface area contributed by atoms with Crippen molar-refractivity contribution in [1.29, 1.82) is 0 Å². The van der Waals surface area contributed by atoms with Crippen LogP contribution in [-0.2, 0) is 0 Å². The number of carboxylic acid groups (broad SMARTS) is 1. The smallest absolute Gasteiger partial charge is 0.338 e. The zero-order valence-corrected chi connectivity index (χ0v) is 11.1. The maximum Gasteiger partial charge on any atom is 0.338 e. The number of rotatable bonds is 4. The number of carboxylic acids is 1. The molecule has 0 saturated heterocycles. The molecule has 0 spiro atoms. The highest BCUT2D eigenvalue weighted by molar-refractivity contribution is 7.99. The molecule has 0 saturated carbocycles. The molecule has 2 rings (SSSR count). The SMILES string of the molecule is COc1nc(Cl)nc(Sc2ncccc2C(=O)O)n1. The van der Waals surface area contributed by atoms with Crippen LogP contribution in [0.2, 0.25) is 5.28 Å². The first-order valence-electron chi connectivity index (χ1n) is 4.92. The third-order valence-corrected chi connectivity index (χ3v) is 2.99. The molecule has 0 aliphatic rings. The van der Waals surface area contributed by atoms with Crippen molar-refractivity contribution in [3.63, 3.8) is 0 Å². The quantitative estimate of drug-likeness (QED) is 0.912. The van der Waals surface area contributed by atoms with E-state index in [1.54, 1.807) is 0 Å². The minimum absolute atomic E-state index is 0.0397. The van der Waals surface area contributed by atoms with Crippen molar-refractivity contribution < 1.29 is 14.6 Å². The molecule has 2 aromatic heterocycles. The lowest BCUT2D eigenvalue weighted by atomic mass is 10.3. The lowest BCUT2D eigenvalue weighted by molar-refractivity contribution is 0.0692. The second-order valence-corrected chi connectivity index (χ2v) is 4.43. The molecule has 0 fully saturated rings. The van der Waals surface area contributed by atoms with Gasteiger partial charge >= 0.3 is 12.0 Å². The molecule has 0 atom stereocenters. The Morgan fingerprint density at radius 3 is 2.89 bits per heavy atom. The fourth-order valence-electron chi connectivity index (χ4n) is 1.17. The molecule has 0 unspecified atom stereocenters. The summed E-state index contributed by atoms with van der Waals surface area (Å²) in [5, 5.41) is 9.47. The van der Waals surface area contributed by atoms with Crippen molar-refractivity contribution in [3.8, 4) is 6.01 Å². The van der Waals surface area contributed by atoms with Gasteiger partial charge in [-0.2, -0.15) is 15.0 Å². The van der Waals surface area contributed by atoms with Crippen LogP contribution >= 0.6 is 23.4 Å². The lowest BCUT2D eigenvalue weighted by Gasteiger charge is -2.04. The molecular formula is C10H7ClN4O3S. The number of hydrogen-bond acceptors (Lipinski definition) is 7. The lowest BCUT2D eigenvalue weighted by Crippen LogP contribution is -2.02. The van der Waals surface area contributed by atoms with Gasteiger partial charge in [0.05, 0.1) is 12.7 Å². The van der Waals surface area contributed by atoms with E-state index in [4.69, 9.17) is 21.4 Å². The van der Waals surface area contributed by atoms with Crippen molar-refractivity contribution in [1.82, 2.24) is 19.9 Å². The molecule has 2 aromatic rings. The van der Waals surface area contributed by atoms with Gasteiger partial charge in [0.1, 0.15) is 5.03 Å². The van der Waals surface area contributed by atoms with Crippen LogP contribution in [0.25, 0.3) is 0 Å². The number of ether oxygens (including phenoxy) is 1. The highest BCUT2D eigenvalue weighted by Gasteiger charge is 2.14. The van der Waals surface area contributed by atoms with Crippen molar-refractivity contribution in [3.05, 3.63) is 29.2 Å². The number of halogens is 1. The Morgan fingerprint density at radius 1 is 1.42 bits per heavy atom. The maximum atomic E-state index is 11.0. The minimum Gasteiger partial charge on any atom is -0.478 e. The number of aromatic carboxylic acids is 1. The van der Waals surface area contributed by atoms with E-state index >= 15 is 0 Å². The van der Waals surface area contributed by atoms with E-state index in [1.807, 2.05) is 0 Å². The minimum atomic E-state index is -1.08. The molecule has 0 bridgehead atoms. The molecule has 7 nitrogen and oxygen atoms in total. The van der Waals surface area contributed by atoms with E-state index in [0.29, 0.717) is 0 Å². The van der Waals surface area contributed by atoms with E-state index in [-0.39, 0.29) is 27.0 Å². The van der Waals surface area contributed by atoms with E-state index < -0.39 is 5.97 Å². The van der Waals surface area contributed by atoms with Crippen molar-refractivity contribution in [2.24, 2.45) is 0 Å². The fraction of sp³-hybridized carbons (Fsp3) is 0.100. The van der Waals surface area contributed by atoms with Crippen molar-refractivity contribution >= 4 is 29.3 Å². The molecule has 0 aromatic carbocycles. The zero-order chi connectivity index (χ0) is 13.8. The zero-order valence-electron chi connectivity index (χ0n) is 9.57. The molecule has 19 heavy (non-hydrogen) atoms. The predicted octanol–water partition coefficient (Wildman–Crippen LogP) is 1.78. The molecule has 2 heterocycles. The molecule has 1 N–H and O–H groups in total. The van der Waals surface area contributed by atoms with Gasteiger partial charge in [-0.25, -0.2) is 9.78 Å². The van der Waals surface area contributed by atoms with Crippen LogP contribution in [0.1, 0.15) is 10.4 Å². The number of hydrogen-bond donors (Lipinski definition) is 1. The number of methoxy groups -OCH3 is 1. The Balaban J connectivity index is 2.36. The monoisotopic (exact) mass is 298 g/mol. The number of nitrogens with zero attached hydrogens (tertiary/aromatic N) is 4. The van der Waals surface area contributed by atoms with Crippen molar-refractivity contribution in [2.45, 2.75) is 10.2 Å². The highest BCUT2D eigenvalue weighted by Crippen LogP contribution is 2.27. The van der Waals surface area contributed by atoms with E-state index in [1.165, 1.54) is 25.4 Å². The molecule has 0 aliphatic carbocycles. The summed E-state index contributed by atoms with van der Waals surface area (Å²) in [6.07, 6.45) is 1.48. The summed E-state index contributed by atoms with van der Waals surface area (Å²) in [4.78, 5) is 26.6. The topological polar surface area (TPSA) is 98.1 Å². The van der Waals surface area contributed by atoms with Crippen LogP contribution in [0.3, 0.4) is 0 Å². The van der Waals surface area contributed by atoms with Crippen LogP contribution in [0.5, 0.6) is 6.01 Å². The Morgan fingerprint density at radius 2 is 2.21 bits per heavy atom. The summed E-state index contributed by atoms with van der Waals surface area (Å²) in [7, 11) is 1.39. The van der Waals surface area contributed by atoms with Crippen LogP contribution < -0.4 is 4.74 Å². The van der Waals surface area contributed by atoms with Crippen LogP contribution in [0.15, 0.2) is 28.5 Å². The Bertz CT molecular complexity index is 625. The number of pyridine rings is 1. The normalized spacial score (nSPS) is 10.2. The first-order chi connectivity index (χ1) is 9.10. The summed E-state index contributed by atoms with van der Waals surface area (Å²) < 4.78 is 4.85. The van der Waals surface area contributed by atoms with Gasteiger partial charge in [-0.3, -0.25) is 0 Å². The average molecular weight is 299 g/mol. The average Bonchev–Trinajstić information content (AvgIpc) is 2.38. The summed E-state index contributed by atoms with van der Waals surface area (Å²) in [5.74, 6) is -1.08. The summed E-state index contributed by atoms with van der Waals surface area (Å²) in [5.41, 5.74) is 0.0583. The van der Waals surface area contributed by atoms with Gasteiger partial charge in [0, 0.05) is 6.20 Å². The molecule has 0 amide bonds. The van der Waals surface area contributed by atoms with Gasteiger partial charge in [-0.05, 0) is 35.5 Å². The van der Waals surface area contributed by atoms with Gasteiger partial charge in [0.15, 0.2) is 0 Å². The van der Waals surface area contributed by atoms with Gasteiger partial charge < -0.3 is 9.84 Å². The first kappa shape index (κ1) is 13.5. The fourth-order valence-corrected chi connectivity index (χ4v) is 2.18. The molecule has 98 valence electrons. The first-order valence-corrected chi connectivity index (χ1v) is 6.11. The molecular weight excluding hydrogens is 292 g/mol. The summed E-state index contributed by atoms with van der Waals surface area (Å²) in [6.45, 7) is 0. The van der Waals surface area contributed by atoms with Gasteiger partial charge in [0.2, 0.25) is 10.4 Å².